The average Bonchev–Trinajstić information content (AvgIpc) is 2.39. The maximum Gasteiger partial charge on any atom is 0.123 e. The fraction of sp³-hybridized carbons (Fsp3) is 0.364. The Morgan fingerprint density at radius 1 is 1.38 bits per heavy atom. The molecule has 0 saturated carbocycles. The van der Waals surface area contributed by atoms with E-state index in [0.29, 0.717) is 0 Å². The number of nitriles is 1. The molecule has 0 aliphatic carbocycles. The maximum atomic E-state index is 8.96. The number of hydrogen-bond acceptors (Lipinski definition) is 2. The molecule has 66 valence electrons. The van der Waals surface area contributed by atoms with Crippen LogP contribution in [0.5, 0.6) is 5.75 Å². The standard InChI is InChI=1S/C11H11NO/c12-8-9-4-3-7-13-11-6-2-1-5-10(9)11/h1-2,5-6,9H,3-4,7H2. The van der Waals surface area contributed by atoms with E-state index in [9.17, 15) is 0 Å². The number of hydrogen-bond donors (Lipinski definition) is 0. The first-order valence-corrected chi connectivity index (χ1v) is 4.53. The molecule has 13 heavy (non-hydrogen) atoms. The Morgan fingerprint density at radius 2 is 2.23 bits per heavy atom. The summed E-state index contributed by atoms with van der Waals surface area (Å²) in [5.74, 6) is 0.894. The van der Waals surface area contributed by atoms with E-state index in [1.165, 1.54) is 0 Å². The summed E-state index contributed by atoms with van der Waals surface area (Å²) in [7, 11) is 0. The Labute approximate surface area is 77.8 Å². The molecule has 1 aromatic rings. The van der Waals surface area contributed by atoms with Gasteiger partial charge < -0.3 is 4.74 Å². The van der Waals surface area contributed by atoms with Gasteiger partial charge in [-0.05, 0) is 18.9 Å². The van der Waals surface area contributed by atoms with Crippen LogP contribution in [0.1, 0.15) is 24.3 Å². The fourth-order valence-corrected chi connectivity index (χ4v) is 1.66. The predicted octanol–water partition coefficient (Wildman–Crippen LogP) is 2.47. The smallest absolute Gasteiger partial charge is 0.123 e. The molecule has 2 nitrogen and oxygen atoms in total. The number of benzene rings is 1. The number of para-hydroxylation sites is 1. The first-order valence-electron chi connectivity index (χ1n) is 4.53. The lowest BCUT2D eigenvalue weighted by Crippen LogP contribution is -1.94. The lowest BCUT2D eigenvalue weighted by Gasteiger charge is -2.08. The highest BCUT2D eigenvalue weighted by Crippen LogP contribution is 2.31. The van der Waals surface area contributed by atoms with Crippen molar-refractivity contribution in [3.05, 3.63) is 29.8 Å². The molecule has 2 heteroatoms. The summed E-state index contributed by atoms with van der Waals surface area (Å²) < 4.78 is 5.53. The molecule has 1 unspecified atom stereocenters. The number of rotatable bonds is 0. The molecule has 1 heterocycles. The molecule has 0 bridgehead atoms. The SMILES string of the molecule is N#CC1CCCOc2ccccc21. The van der Waals surface area contributed by atoms with Crippen LogP contribution in [0.4, 0.5) is 0 Å². The lowest BCUT2D eigenvalue weighted by molar-refractivity contribution is 0.316. The van der Waals surface area contributed by atoms with E-state index < -0.39 is 0 Å². The number of ether oxygens (including phenoxy) is 1. The van der Waals surface area contributed by atoms with Crippen LogP contribution >= 0.6 is 0 Å². The summed E-state index contributed by atoms with van der Waals surface area (Å²) >= 11 is 0. The van der Waals surface area contributed by atoms with Crippen LogP contribution in [0.15, 0.2) is 24.3 Å². The molecular formula is C11H11NO. The average molecular weight is 173 g/mol. The molecule has 0 N–H and O–H groups in total. The third kappa shape index (κ3) is 1.50. The molecule has 0 saturated heterocycles. The number of fused-ring (bicyclic) bond motifs is 1. The Balaban J connectivity index is 2.43. The van der Waals surface area contributed by atoms with Crippen molar-refractivity contribution in [3.63, 3.8) is 0 Å². The summed E-state index contributed by atoms with van der Waals surface area (Å²) in [6, 6.07) is 10.1. The molecule has 0 fully saturated rings. The molecular weight excluding hydrogens is 162 g/mol. The third-order valence-electron chi connectivity index (χ3n) is 2.34. The van der Waals surface area contributed by atoms with Crippen LogP contribution in [0.3, 0.4) is 0 Å². The Bertz CT molecular complexity index is 340. The minimum Gasteiger partial charge on any atom is -0.493 e. The molecule has 2 rings (SSSR count). The molecule has 1 aliphatic heterocycles. The highest BCUT2D eigenvalue weighted by Gasteiger charge is 2.18. The predicted molar refractivity (Wildman–Crippen MR) is 49.5 cm³/mol. The minimum absolute atomic E-state index is 0.0127. The quantitative estimate of drug-likeness (QED) is 0.603. The van der Waals surface area contributed by atoms with Crippen LogP contribution in [0.2, 0.25) is 0 Å². The zero-order valence-electron chi connectivity index (χ0n) is 7.36. The number of nitrogens with zero attached hydrogens (tertiary/aromatic N) is 1. The molecule has 0 spiro atoms. The van der Waals surface area contributed by atoms with Crippen molar-refractivity contribution in [1.82, 2.24) is 0 Å². The van der Waals surface area contributed by atoms with Crippen molar-refractivity contribution in [2.24, 2.45) is 0 Å². The maximum absolute atomic E-state index is 8.96. The first kappa shape index (κ1) is 8.12. The van der Waals surface area contributed by atoms with Gasteiger partial charge in [0.15, 0.2) is 0 Å². The van der Waals surface area contributed by atoms with Gasteiger partial charge in [0.1, 0.15) is 5.75 Å². The Morgan fingerprint density at radius 3 is 3.08 bits per heavy atom. The minimum atomic E-state index is 0.0127. The van der Waals surface area contributed by atoms with Crippen molar-refractivity contribution in [2.45, 2.75) is 18.8 Å². The van der Waals surface area contributed by atoms with Crippen molar-refractivity contribution >= 4 is 0 Å². The van der Waals surface area contributed by atoms with Crippen molar-refractivity contribution in [1.29, 1.82) is 5.26 Å². The Kier molecular flexibility index (Phi) is 2.18. The molecule has 1 aromatic carbocycles. The van der Waals surface area contributed by atoms with Gasteiger partial charge in [0.05, 0.1) is 18.6 Å². The topological polar surface area (TPSA) is 33.0 Å². The second kappa shape index (κ2) is 3.49. The van der Waals surface area contributed by atoms with Gasteiger partial charge in [-0.25, -0.2) is 0 Å². The van der Waals surface area contributed by atoms with Crippen molar-refractivity contribution < 1.29 is 4.74 Å². The summed E-state index contributed by atoms with van der Waals surface area (Å²) in [4.78, 5) is 0. The molecule has 0 amide bonds. The van der Waals surface area contributed by atoms with Crippen molar-refractivity contribution in [3.8, 4) is 11.8 Å². The van der Waals surface area contributed by atoms with Gasteiger partial charge in [-0.1, -0.05) is 18.2 Å². The molecule has 1 aliphatic rings. The van der Waals surface area contributed by atoms with E-state index >= 15 is 0 Å². The summed E-state index contributed by atoms with van der Waals surface area (Å²) in [5, 5.41) is 8.96. The molecule has 0 radical (unpaired) electrons. The van der Waals surface area contributed by atoms with Crippen LogP contribution in [0, 0.1) is 11.3 Å². The first-order chi connectivity index (χ1) is 6.42. The van der Waals surface area contributed by atoms with Crippen LogP contribution in [-0.4, -0.2) is 6.61 Å². The molecule has 0 aromatic heterocycles. The van der Waals surface area contributed by atoms with Gasteiger partial charge in [-0.3, -0.25) is 0 Å². The van der Waals surface area contributed by atoms with E-state index in [1.807, 2.05) is 24.3 Å². The van der Waals surface area contributed by atoms with Gasteiger partial charge in [0.2, 0.25) is 0 Å². The zero-order valence-corrected chi connectivity index (χ0v) is 7.36. The van der Waals surface area contributed by atoms with Crippen LogP contribution in [-0.2, 0) is 0 Å². The van der Waals surface area contributed by atoms with E-state index in [1.54, 1.807) is 0 Å². The Hall–Kier alpha value is -1.49. The van der Waals surface area contributed by atoms with Crippen molar-refractivity contribution in [2.75, 3.05) is 6.61 Å². The third-order valence-corrected chi connectivity index (χ3v) is 2.34. The van der Waals surface area contributed by atoms with Gasteiger partial charge in [-0.2, -0.15) is 5.26 Å². The van der Waals surface area contributed by atoms with Gasteiger partial charge in [0.25, 0.3) is 0 Å². The van der Waals surface area contributed by atoms with Crippen LogP contribution in [0.25, 0.3) is 0 Å². The molecule has 1 atom stereocenters. The summed E-state index contributed by atoms with van der Waals surface area (Å²) in [5.41, 5.74) is 1.04. The second-order valence-electron chi connectivity index (χ2n) is 3.21. The summed E-state index contributed by atoms with van der Waals surface area (Å²) in [6.45, 7) is 0.731. The normalized spacial score (nSPS) is 20.7. The van der Waals surface area contributed by atoms with Crippen LogP contribution < -0.4 is 4.74 Å². The monoisotopic (exact) mass is 173 g/mol. The highest BCUT2D eigenvalue weighted by molar-refractivity contribution is 5.39. The van der Waals surface area contributed by atoms with E-state index in [-0.39, 0.29) is 5.92 Å². The lowest BCUT2D eigenvalue weighted by atomic mass is 9.96. The largest absolute Gasteiger partial charge is 0.493 e. The summed E-state index contributed by atoms with van der Waals surface area (Å²) in [6.07, 6.45) is 1.88. The zero-order chi connectivity index (χ0) is 9.10. The van der Waals surface area contributed by atoms with E-state index in [4.69, 9.17) is 10.00 Å². The van der Waals surface area contributed by atoms with E-state index in [2.05, 4.69) is 6.07 Å². The fourth-order valence-electron chi connectivity index (χ4n) is 1.66. The second-order valence-corrected chi connectivity index (χ2v) is 3.21. The van der Waals surface area contributed by atoms with E-state index in [0.717, 1.165) is 30.8 Å². The van der Waals surface area contributed by atoms with Gasteiger partial charge >= 0.3 is 0 Å². The van der Waals surface area contributed by atoms with Gasteiger partial charge in [0, 0.05) is 5.56 Å². The van der Waals surface area contributed by atoms with Gasteiger partial charge in [-0.15, -0.1) is 0 Å². The highest BCUT2D eigenvalue weighted by atomic mass is 16.5.